The van der Waals surface area contributed by atoms with Crippen LogP contribution in [0.25, 0.3) is 0 Å². The van der Waals surface area contributed by atoms with Crippen LogP contribution in [0, 0.1) is 10.8 Å². The van der Waals surface area contributed by atoms with Gasteiger partial charge in [-0.2, -0.15) is 0 Å². The van der Waals surface area contributed by atoms with E-state index in [-0.39, 0.29) is 5.41 Å². The number of unbranched alkanes of at least 4 members (excludes halogenated alkanes) is 2. The highest BCUT2D eigenvalue weighted by Gasteiger charge is 2.52. The second-order valence-corrected chi connectivity index (χ2v) is 8.82. The summed E-state index contributed by atoms with van der Waals surface area (Å²) >= 11 is 0. The maximum absolute atomic E-state index is 11.9. The van der Waals surface area contributed by atoms with Gasteiger partial charge in [0.1, 0.15) is 10.1 Å². The van der Waals surface area contributed by atoms with E-state index in [4.69, 9.17) is 0 Å². The Morgan fingerprint density at radius 3 is 2.11 bits per heavy atom. The monoisotopic (exact) mass is 287 g/mol. The van der Waals surface area contributed by atoms with Crippen LogP contribution < -0.4 is 0 Å². The van der Waals surface area contributed by atoms with Gasteiger partial charge in [0, 0.05) is 0 Å². The quantitative estimate of drug-likeness (QED) is 0.438. The third-order valence-electron chi connectivity index (χ3n) is 4.44. The second kappa shape index (κ2) is 5.21. The number of allylic oxidation sites excluding steroid dienone is 1. The minimum Gasteiger partial charge on any atom is -0.747 e. The van der Waals surface area contributed by atoms with Crippen molar-refractivity contribution in [3.8, 4) is 0 Å². The summed E-state index contributed by atoms with van der Waals surface area (Å²) in [5.74, 6) is 0. The van der Waals surface area contributed by atoms with Gasteiger partial charge in [0.05, 0.1) is 4.75 Å². The standard InChI is InChI=1S/C15H28O3S/c1-6-7-8-9-15(19(16,17)18)11-10-13(2,3)12-14(15,4)5/h10-11H,6-9,12H2,1-5H3,(H,16,17,18)/p-1. The molecule has 0 aromatic carbocycles. The molecule has 0 bridgehead atoms. The average Bonchev–Trinajstić information content (AvgIpc) is 2.17. The van der Waals surface area contributed by atoms with Gasteiger partial charge in [-0.1, -0.05) is 66.0 Å². The molecule has 1 rings (SSSR count). The van der Waals surface area contributed by atoms with Gasteiger partial charge >= 0.3 is 0 Å². The fourth-order valence-corrected chi connectivity index (χ4v) is 4.92. The van der Waals surface area contributed by atoms with Crippen LogP contribution in [0.15, 0.2) is 12.2 Å². The van der Waals surface area contributed by atoms with Gasteiger partial charge in [-0.15, -0.1) is 0 Å². The van der Waals surface area contributed by atoms with E-state index in [9.17, 15) is 13.0 Å². The van der Waals surface area contributed by atoms with Crippen LogP contribution in [-0.2, 0) is 10.1 Å². The predicted octanol–water partition coefficient (Wildman–Crippen LogP) is 3.86. The first-order valence-electron chi connectivity index (χ1n) is 7.13. The molecule has 0 aromatic rings. The lowest BCUT2D eigenvalue weighted by Crippen LogP contribution is -2.53. The molecule has 0 saturated carbocycles. The molecule has 0 aliphatic heterocycles. The Hall–Kier alpha value is -0.350. The molecule has 0 heterocycles. The minimum atomic E-state index is -4.36. The molecule has 1 aliphatic rings. The summed E-state index contributed by atoms with van der Waals surface area (Å²) in [4.78, 5) is 0. The zero-order chi connectivity index (χ0) is 14.9. The molecule has 0 fully saturated rings. The van der Waals surface area contributed by atoms with E-state index in [1.165, 1.54) is 0 Å². The van der Waals surface area contributed by atoms with Crippen molar-refractivity contribution in [2.24, 2.45) is 10.8 Å². The topological polar surface area (TPSA) is 57.2 Å². The highest BCUT2D eigenvalue weighted by atomic mass is 32.2. The van der Waals surface area contributed by atoms with Crippen molar-refractivity contribution in [2.75, 3.05) is 0 Å². The van der Waals surface area contributed by atoms with Crippen LogP contribution in [0.5, 0.6) is 0 Å². The summed E-state index contributed by atoms with van der Waals surface area (Å²) in [6, 6.07) is 0. The lowest BCUT2D eigenvalue weighted by molar-refractivity contribution is 0.154. The molecule has 112 valence electrons. The van der Waals surface area contributed by atoms with E-state index in [1.807, 2.05) is 19.9 Å². The van der Waals surface area contributed by atoms with Gasteiger partial charge in [0.25, 0.3) is 0 Å². The summed E-state index contributed by atoms with van der Waals surface area (Å²) in [5, 5.41) is 0. The summed E-state index contributed by atoms with van der Waals surface area (Å²) in [7, 11) is -4.36. The van der Waals surface area contributed by atoms with E-state index in [1.54, 1.807) is 6.08 Å². The van der Waals surface area contributed by atoms with Crippen LogP contribution >= 0.6 is 0 Å². The highest BCUT2D eigenvalue weighted by Crippen LogP contribution is 2.52. The molecule has 0 spiro atoms. The molecule has 0 amide bonds. The van der Waals surface area contributed by atoms with E-state index in [2.05, 4.69) is 20.8 Å². The van der Waals surface area contributed by atoms with Crippen molar-refractivity contribution in [3.05, 3.63) is 12.2 Å². The first-order valence-corrected chi connectivity index (χ1v) is 8.54. The maximum Gasteiger partial charge on any atom is 0.105 e. The molecule has 4 heteroatoms. The Bertz CT molecular complexity index is 446. The molecule has 1 atom stereocenters. The molecule has 0 aromatic heterocycles. The Kier molecular flexibility index (Phi) is 4.58. The van der Waals surface area contributed by atoms with Gasteiger partial charge in [0.2, 0.25) is 0 Å². The third kappa shape index (κ3) is 3.22. The fraction of sp³-hybridized carbons (Fsp3) is 0.867. The van der Waals surface area contributed by atoms with Gasteiger partial charge in [-0.05, 0) is 23.7 Å². The minimum absolute atomic E-state index is 0.0531. The highest BCUT2D eigenvalue weighted by molar-refractivity contribution is 7.87. The summed E-state index contributed by atoms with van der Waals surface area (Å²) in [6.07, 6.45) is 7.52. The van der Waals surface area contributed by atoms with Gasteiger partial charge in [0.15, 0.2) is 0 Å². The molecular weight excluding hydrogens is 260 g/mol. The molecule has 19 heavy (non-hydrogen) atoms. The van der Waals surface area contributed by atoms with E-state index in [0.717, 1.165) is 19.3 Å². The normalized spacial score (nSPS) is 29.4. The maximum atomic E-state index is 11.9. The molecule has 1 unspecified atom stereocenters. The molecule has 0 N–H and O–H groups in total. The molecule has 0 radical (unpaired) electrons. The third-order valence-corrected chi connectivity index (χ3v) is 6.23. The van der Waals surface area contributed by atoms with Crippen LogP contribution in [0.2, 0.25) is 0 Å². The van der Waals surface area contributed by atoms with Crippen molar-refractivity contribution < 1.29 is 13.0 Å². The van der Waals surface area contributed by atoms with Crippen molar-refractivity contribution in [1.82, 2.24) is 0 Å². The van der Waals surface area contributed by atoms with E-state index >= 15 is 0 Å². The van der Waals surface area contributed by atoms with Crippen molar-refractivity contribution in [3.63, 3.8) is 0 Å². The lowest BCUT2D eigenvalue weighted by Gasteiger charge is -2.52. The molecular formula is C15H27O3S-. The van der Waals surface area contributed by atoms with Crippen molar-refractivity contribution in [1.29, 1.82) is 0 Å². The molecule has 3 nitrogen and oxygen atoms in total. The van der Waals surface area contributed by atoms with Crippen LogP contribution in [-0.4, -0.2) is 17.7 Å². The summed E-state index contributed by atoms with van der Waals surface area (Å²) in [5.41, 5.74) is -0.581. The Morgan fingerprint density at radius 2 is 1.68 bits per heavy atom. The fourth-order valence-electron chi connectivity index (χ4n) is 3.54. The number of hydrogen-bond acceptors (Lipinski definition) is 3. The van der Waals surface area contributed by atoms with Crippen LogP contribution in [0.4, 0.5) is 0 Å². The van der Waals surface area contributed by atoms with Crippen LogP contribution in [0.1, 0.15) is 66.7 Å². The zero-order valence-electron chi connectivity index (χ0n) is 12.8. The van der Waals surface area contributed by atoms with Gasteiger partial charge < -0.3 is 4.55 Å². The number of hydrogen-bond donors (Lipinski definition) is 0. The van der Waals surface area contributed by atoms with Crippen molar-refractivity contribution >= 4 is 10.1 Å². The Labute approximate surface area is 118 Å². The molecule has 1 aliphatic carbocycles. The second-order valence-electron chi connectivity index (χ2n) is 7.18. The van der Waals surface area contributed by atoms with E-state index in [0.29, 0.717) is 12.8 Å². The first kappa shape index (κ1) is 16.7. The Balaban J connectivity index is 3.24. The summed E-state index contributed by atoms with van der Waals surface area (Å²) < 4.78 is 34.5. The van der Waals surface area contributed by atoms with Gasteiger partial charge in [-0.25, -0.2) is 8.42 Å². The lowest BCUT2D eigenvalue weighted by atomic mass is 9.62. The average molecular weight is 287 g/mol. The van der Waals surface area contributed by atoms with E-state index < -0.39 is 20.3 Å². The number of rotatable bonds is 5. The predicted molar refractivity (Wildman–Crippen MR) is 77.9 cm³/mol. The molecule has 0 saturated heterocycles. The van der Waals surface area contributed by atoms with Gasteiger partial charge in [-0.3, -0.25) is 0 Å². The first-order chi connectivity index (χ1) is 8.47. The SMILES string of the molecule is CCCCCC1(S(=O)(=O)[O-])C=CC(C)(C)CC1(C)C. The largest absolute Gasteiger partial charge is 0.747 e. The smallest absolute Gasteiger partial charge is 0.105 e. The Morgan fingerprint density at radius 1 is 1.11 bits per heavy atom. The zero-order valence-corrected chi connectivity index (χ0v) is 13.6. The van der Waals surface area contributed by atoms with Crippen LogP contribution in [0.3, 0.4) is 0 Å². The van der Waals surface area contributed by atoms with Crippen molar-refractivity contribution in [2.45, 2.75) is 71.5 Å². The summed E-state index contributed by atoms with van der Waals surface area (Å²) in [6.45, 7) is 10.1.